The lowest BCUT2D eigenvalue weighted by atomic mass is 9.96. The van der Waals surface area contributed by atoms with Crippen LogP contribution in [0.25, 0.3) is 0 Å². The molecule has 1 fully saturated rings. The Hall–Kier alpha value is -0.120. The van der Waals surface area contributed by atoms with Crippen molar-refractivity contribution in [3.05, 3.63) is 0 Å². The summed E-state index contributed by atoms with van der Waals surface area (Å²) >= 11 is 0. The molecule has 1 aliphatic heterocycles. The molecule has 0 aromatic rings. The molecule has 0 aromatic heterocycles. The first-order chi connectivity index (χ1) is 7.31. The van der Waals surface area contributed by atoms with Crippen molar-refractivity contribution in [2.45, 2.75) is 32.2 Å². The van der Waals surface area contributed by atoms with Crippen LogP contribution in [0.15, 0.2) is 0 Å². The fourth-order valence-electron chi connectivity index (χ4n) is 2.56. The lowest BCUT2D eigenvalue weighted by Gasteiger charge is -2.37. The van der Waals surface area contributed by atoms with Crippen molar-refractivity contribution in [1.29, 1.82) is 0 Å². The summed E-state index contributed by atoms with van der Waals surface area (Å²) in [5, 5.41) is 3.29. The number of rotatable bonds is 6. The Labute approximate surface area is 94.2 Å². The van der Waals surface area contributed by atoms with Crippen molar-refractivity contribution in [3.8, 4) is 0 Å². The predicted molar refractivity (Wildman–Crippen MR) is 64.2 cm³/mol. The highest BCUT2D eigenvalue weighted by Gasteiger charge is 2.24. The molecule has 0 bridgehead atoms. The highest BCUT2D eigenvalue weighted by Crippen LogP contribution is 2.19. The van der Waals surface area contributed by atoms with Gasteiger partial charge < -0.3 is 10.1 Å². The number of methoxy groups -OCH3 is 1. The number of nitrogens with zero attached hydrogens (tertiary/aromatic N) is 1. The second-order valence-electron chi connectivity index (χ2n) is 4.58. The van der Waals surface area contributed by atoms with Gasteiger partial charge in [0.2, 0.25) is 0 Å². The van der Waals surface area contributed by atoms with Gasteiger partial charge in [-0.1, -0.05) is 6.92 Å². The molecular formula is C12H26N2O. The fraction of sp³-hybridized carbons (Fsp3) is 1.00. The topological polar surface area (TPSA) is 24.5 Å². The molecule has 1 heterocycles. The third kappa shape index (κ3) is 4.09. The van der Waals surface area contributed by atoms with Gasteiger partial charge >= 0.3 is 0 Å². The van der Waals surface area contributed by atoms with Crippen molar-refractivity contribution >= 4 is 0 Å². The molecule has 1 saturated heterocycles. The summed E-state index contributed by atoms with van der Waals surface area (Å²) < 4.78 is 5.29. The van der Waals surface area contributed by atoms with Crippen molar-refractivity contribution in [2.24, 2.45) is 5.92 Å². The van der Waals surface area contributed by atoms with E-state index < -0.39 is 0 Å². The molecule has 3 nitrogen and oxygen atoms in total. The summed E-state index contributed by atoms with van der Waals surface area (Å²) in [5.74, 6) is 0.828. The zero-order valence-corrected chi connectivity index (χ0v) is 10.5. The highest BCUT2D eigenvalue weighted by molar-refractivity contribution is 4.79. The molecule has 0 aromatic carbocycles. The third-order valence-electron chi connectivity index (χ3n) is 3.39. The van der Waals surface area contributed by atoms with Crippen LogP contribution in [0.4, 0.5) is 0 Å². The van der Waals surface area contributed by atoms with Crippen molar-refractivity contribution in [2.75, 3.05) is 40.4 Å². The zero-order chi connectivity index (χ0) is 11.1. The van der Waals surface area contributed by atoms with Crippen LogP contribution in [0.1, 0.15) is 26.2 Å². The molecule has 2 atom stereocenters. The van der Waals surface area contributed by atoms with E-state index >= 15 is 0 Å². The molecule has 0 aliphatic carbocycles. The van der Waals surface area contributed by atoms with E-state index in [1.807, 2.05) is 7.05 Å². The van der Waals surface area contributed by atoms with Crippen LogP contribution in [0.5, 0.6) is 0 Å². The second-order valence-corrected chi connectivity index (χ2v) is 4.58. The van der Waals surface area contributed by atoms with Crippen LogP contribution in [0.2, 0.25) is 0 Å². The van der Waals surface area contributed by atoms with E-state index in [1.165, 1.54) is 32.4 Å². The maximum atomic E-state index is 5.29. The maximum absolute atomic E-state index is 5.29. The van der Waals surface area contributed by atoms with Crippen LogP contribution in [0, 0.1) is 5.92 Å². The van der Waals surface area contributed by atoms with E-state index in [1.54, 1.807) is 7.11 Å². The number of nitrogens with one attached hydrogen (secondary N) is 1. The molecule has 1 N–H and O–H groups in total. The Bertz CT molecular complexity index is 162. The lowest BCUT2D eigenvalue weighted by molar-refractivity contribution is 0.0577. The SMILES string of the molecule is CCC(COC)N1CCCC(CNC)C1. The van der Waals surface area contributed by atoms with Gasteiger partial charge in [-0.15, -0.1) is 0 Å². The summed E-state index contributed by atoms with van der Waals surface area (Å²) in [5.41, 5.74) is 0. The minimum Gasteiger partial charge on any atom is -0.383 e. The van der Waals surface area contributed by atoms with Gasteiger partial charge in [-0.2, -0.15) is 0 Å². The van der Waals surface area contributed by atoms with E-state index in [2.05, 4.69) is 17.1 Å². The summed E-state index contributed by atoms with van der Waals surface area (Å²) in [4.78, 5) is 2.61. The third-order valence-corrected chi connectivity index (χ3v) is 3.39. The first-order valence-electron chi connectivity index (χ1n) is 6.19. The summed E-state index contributed by atoms with van der Waals surface area (Å²) in [6, 6.07) is 0.620. The zero-order valence-electron chi connectivity index (χ0n) is 10.5. The van der Waals surface area contributed by atoms with E-state index in [0.29, 0.717) is 6.04 Å². The minimum absolute atomic E-state index is 0.620. The number of likely N-dealkylation sites (tertiary alicyclic amines) is 1. The first kappa shape index (κ1) is 12.9. The molecule has 0 radical (unpaired) electrons. The monoisotopic (exact) mass is 214 g/mol. The smallest absolute Gasteiger partial charge is 0.0617 e. The molecule has 90 valence electrons. The van der Waals surface area contributed by atoms with Crippen LogP contribution >= 0.6 is 0 Å². The number of hydrogen-bond donors (Lipinski definition) is 1. The van der Waals surface area contributed by atoms with Crippen LogP contribution < -0.4 is 5.32 Å². The Morgan fingerprint density at radius 1 is 1.53 bits per heavy atom. The van der Waals surface area contributed by atoms with Crippen molar-refractivity contribution < 1.29 is 4.74 Å². The molecule has 2 unspecified atom stereocenters. The van der Waals surface area contributed by atoms with Gasteiger partial charge in [0.15, 0.2) is 0 Å². The van der Waals surface area contributed by atoms with E-state index in [0.717, 1.165) is 19.1 Å². The molecule has 1 rings (SSSR count). The first-order valence-corrected chi connectivity index (χ1v) is 6.19. The standard InChI is InChI=1S/C12H26N2O/c1-4-12(10-15-3)14-7-5-6-11(9-14)8-13-2/h11-13H,4-10H2,1-3H3. The van der Waals surface area contributed by atoms with Crippen molar-refractivity contribution in [1.82, 2.24) is 10.2 Å². The number of piperidine rings is 1. The van der Waals surface area contributed by atoms with E-state index in [-0.39, 0.29) is 0 Å². The molecule has 0 spiro atoms. The lowest BCUT2D eigenvalue weighted by Crippen LogP contribution is -2.46. The van der Waals surface area contributed by atoms with Gasteiger partial charge in [0.25, 0.3) is 0 Å². The van der Waals surface area contributed by atoms with Gasteiger partial charge in [-0.3, -0.25) is 4.90 Å². The fourth-order valence-corrected chi connectivity index (χ4v) is 2.56. The summed E-state index contributed by atoms with van der Waals surface area (Å²) in [7, 11) is 3.85. The summed E-state index contributed by atoms with van der Waals surface area (Å²) in [6.45, 7) is 6.78. The Morgan fingerprint density at radius 2 is 2.33 bits per heavy atom. The normalized spacial score (nSPS) is 25.4. The van der Waals surface area contributed by atoms with Crippen LogP contribution in [-0.2, 0) is 4.74 Å². The quantitative estimate of drug-likeness (QED) is 0.722. The van der Waals surface area contributed by atoms with Gasteiger partial charge in [-0.05, 0) is 45.3 Å². The maximum Gasteiger partial charge on any atom is 0.0617 e. The number of hydrogen-bond acceptors (Lipinski definition) is 3. The summed E-state index contributed by atoms with van der Waals surface area (Å²) in [6.07, 6.45) is 3.91. The Kier molecular flexibility index (Phi) is 6.22. The average molecular weight is 214 g/mol. The Morgan fingerprint density at radius 3 is 2.93 bits per heavy atom. The highest BCUT2D eigenvalue weighted by atomic mass is 16.5. The van der Waals surface area contributed by atoms with Gasteiger partial charge in [0, 0.05) is 19.7 Å². The van der Waals surface area contributed by atoms with Gasteiger partial charge in [0.1, 0.15) is 0 Å². The van der Waals surface area contributed by atoms with Crippen molar-refractivity contribution in [3.63, 3.8) is 0 Å². The molecule has 3 heteroatoms. The predicted octanol–water partition coefficient (Wildman–Crippen LogP) is 1.34. The second kappa shape index (κ2) is 7.20. The largest absolute Gasteiger partial charge is 0.383 e. The van der Waals surface area contributed by atoms with Gasteiger partial charge in [-0.25, -0.2) is 0 Å². The van der Waals surface area contributed by atoms with Gasteiger partial charge in [0.05, 0.1) is 6.61 Å². The Balaban J connectivity index is 2.39. The minimum atomic E-state index is 0.620. The van der Waals surface area contributed by atoms with Crippen LogP contribution in [0.3, 0.4) is 0 Å². The number of ether oxygens (including phenoxy) is 1. The molecule has 0 saturated carbocycles. The molecule has 15 heavy (non-hydrogen) atoms. The molecule has 0 amide bonds. The molecule has 1 aliphatic rings. The van der Waals surface area contributed by atoms with Crippen LogP contribution in [-0.4, -0.2) is 51.3 Å². The van der Waals surface area contributed by atoms with E-state index in [9.17, 15) is 0 Å². The van der Waals surface area contributed by atoms with E-state index in [4.69, 9.17) is 4.74 Å². The average Bonchev–Trinajstić information content (AvgIpc) is 2.27. The molecular weight excluding hydrogens is 188 g/mol.